The highest BCUT2D eigenvalue weighted by atomic mass is 32.1. The molecule has 1 aromatic carbocycles. The van der Waals surface area contributed by atoms with Gasteiger partial charge in [-0.05, 0) is 25.1 Å². The fourth-order valence-electron chi connectivity index (χ4n) is 2.76. The molecule has 4 aromatic rings. The molecule has 1 amide bonds. The van der Waals surface area contributed by atoms with Crippen LogP contribution in [0.1, 0.15) is 15.4 Å². The van der Waals surface area contributed by atoms with Gasteiger partial charge in [0, 0.05) is 18.2 Å². The van der Waals surface area contributed by atoms with E-state index in [0.717, 1.165) is 11.3 Å². The fourth-order valence-corrected chi connectivity index (χ4v) is 3.77. The van der Waals surface area contributed by atoms with E-state index in [2.05, 4.69) is 25.5 Å². The first-order valence-corrected chi connectivity index (χ1v) is 9.78. The van der Waals surface area contributed by atoms with E-state index in [1.807, 2.05) is 0 Å². The highest BCUT2D eigenvalue weighted by molar-refractivity contribution is 7.17. The molecule has 0 radical (unpaired) electrons. The molecule has 0 atom stereocenters. The van der Waals surface area contributed by atoms with E-state index >= 15 is 0 Å². The first-order valence-electron chi connectivity index (χ1n) is 8.96. The molecule has 0 aliphatic carbocycles. The van der Waals surface area contributed by atoms with Crippen molar-refractivity contribution in [1.82, 2.24) is 34.8 Å². The smallest absolute Gasteiger partial charge is 0.266 e. The minimum atomic E-state index is -0.393. The van der Waals surface area contributed by atoms with Crippen LogP contribution in [-0.2, 0) is 6.54 Å². The van der Waals surface area contributed by atoms with Crippen molar-refractivity contribution in [3.63, 3.8) is 0 Å². The Morgan fingerprint density at radius 1 is 1.23 bits per heavy atom. The maximum absolute atomic E-state index is 14.0. The molecule has 0 bridgehead atoms. The number of halogens is 1. The topological polar surface area (TPSA) is 108 Å². The van der Waals surface area contributed by atoms with Gasteiger partial charge < -0.3 is 5.32 Å². The maximum Gasteiger partial charge on any atom is 0.266 e. The molecule has 152 valence electrons. The number of aryl methyl sites for hydroxylation is 1. The van der Waals surface area contributed by atoms with Crippen LogP contribution in [-0.4, -0.2) is 42.0 Å². The zero-order chi connectivity index (χ0) is 21.1. The molecule has 0 aliphatic rings. The lowest BCUT2D eigenvalue weighted by Crippen LogP contribution is -2.32. The van der Waals surface area contributed by atoms with E-state index in [9.17, 15) is 14.0 Å². The van der Waals surface area contributed by atoms with Crippen molar-refractivity contribution in [2.45, 2.75) is 13.5 Å². The highest BCUT2D eigenvalue weighted by Gasteiger charge is 2.17. The second-order valence-electron chi connectivity index (χ2n) is 6.26. The minimum absolute atomic E-state index is 0.172. The van der Waals surface area contributed by atoms with Crippen molar-refractivity contribution in [2.24, 2.45) is 0 Å². The lowest BCUT2D eigenvalue weighted by molar-refractivity contribution is 0.0955. The number of carbonyl (C=O) groups excluding carboxylic acids is 1. The SMILES string of the molecule is Cc1nc(-c2ccccc2F)sc1C(=O)NCCn1nc(-n2cncn2)ccc1=O. The number of hydrogen-bond donors (Lipinski definition) is 1. The number of nitrogens with one attached hydrogen (secondary N) is 1. The van der Waals surface area contributed by atoms with Crippen molar-refractivity contribution in [2.75, 3.05) is 6.54 Å². The zero-order valence-electron chi connectivity index (χ0n) is 15.8. The minimum Gasteiger partial charge on any atom is -0.349 e. The molecule has 1 N–H and O–H groups in total. The molecule has 3 aromatic heterocycles. The van der Waals surface area contributed by atoms with Crippen LogP contribution < -0.4 is 10.9 Å². The van der Waals surface area contributed by atoms with E-state index in [1.54, 1.807) is 25.1 Å². The van der Waals surface area contributed by atoms with Crippen molar-refractivity contribution in [3.8, 4) is 16.4 Å². The van der Waals surface area contributed by atoms with Crippen LogP contribution in [0.3, 0.4) is 0 Å². The van der Waals surface area contributed by atoms with Gasteiger partial charge in [0.15, 0.2) is 5.82 Å². The van der Waals surface area contributed by atoms with Crippen molar-refractivity contribution in [3.05, 3.63) is 75.8 Å². The second-order valence-corrected chi connectivity index (χ2v) is 7.26. The molecule has 30 heavy (non-hydrogen) atoms. The average molecular weight is 425 g/mol. The third-order valence-corrected chi connectivity index (χ3v) is 5.41. The van der Waals surface area contributed by atoms with Crippen LogP contribution in [0.2, 0.25) is 0 Å². The third-order valence-electron chi connectivity index (χ3n) is 4.22. The quantitative estimate of drug-likeness (QED) is 0.505. The van der Waals surface area contributed by atoms with E-state index < -0.39 is 5.82 Å². The number of aromatic nitrogens is 6. The van der Waals surface area contributed by atoms with Gasteiger partial charge in [0.25, 0.3) is 11.5 Å². The first-order chi connectivity index (χ1) is 14.5. The third kappa shape index (κ3) is 4.01. The summed E-state index contributed by atoms with van der Waals surface area (Å²) in [5.41, 5.74) is 0.563. The molecule has 3 heterocycles. The summed E-state index contributed by atoms with van der Waals surface area (Å²) in [6, 6.07) is 9.20. The summed E-state index contributed by atoms with van der Waals surface area (Å²) in [6.45, 7) is 2.05. The van der Waals surface area contributed by atoms with E-state index in [4.69, 9.17) is 0 Å². The Balaban J connectivity index is 1.44. The van der Waals surface area contributed by atoms with E-state index in [-0.39, 0.29) is 24.6 Å². The van der Waals surface area contributed by atoms with Crippen LogP contribution >= 0.6 is 11.3 Å². The number of thiazole rings is 1. The van der Waals surface area contributed by atoms with E-state index in [1.165, 1.54) is 40.2 Å². The van der Waals surface area contributed by atoms with Crippen molar-refractivity contribution >= 4 is 17.2 Å². The molecule has 0 saturated heterocycles. The van der Waals surface area contributed by atoms with Gasteiger partial charge in [-0.15, -0.1) is 16.4 Å². The van der Waals surface area contributed by atoms with Gasteiger partial charge in [0.05, 0.1) is 12.2 Å². The first kappa shape index (κ1) is 19.6. The van der Waals surface area contributed by atoms with Crippen molar-refractivity contribution in [1.29, 1.82) is 0 Å². The lowest BCUT2D eigenvalue weighted by Gasteiger charge is -2.07. The molecular formula is C19H16FN7O2S. The Kier molecular flexibility index (Phi) is 5.44. The molecule has 9 nitrogen and oxygen atoms in total. The maximum atomic E-state index is 14.0. The molecule has 0 saturated carbocycles. The van der Waals surface area contributed by atoms with Crippen LogP contribution in [0.5, 0.6) is 0 Å². The number of carbonyl (C=O) groups is 1. The number of rotatable bonds is 6. The summed E-state index contributed by atoms with van der Waals surface area (Å²) in [7, 11) is 0. The molecule has 0 fully saturated rings. The van der Waals surface area contributed by atoms with Gasteiger partial charge in [-0.25, -0.2) is 23.7 Å². The van der Waals surface area contributed by atoms with E-state index in [0.29, 0.717) is 27.0 Å². The second kappa shape index (κ2) is 8.33. The van der Waals surface area contributed by atoms with Gasteiger partial charge in [0.1, 0.15) is 28.4 Å². The molecule has 4 rings (SSSR count). The molecule has 0 unspecified atom stereocenters. The summed E-state index contributed by atoms with van der Waals surface area (Å²) in [4.78, 5) is 33.1. The zero-order valence-corrected chi connectivity index (χ0v) is 16.6. The van der Waals surface area contributed by atoms with Crippen LogP contribution in [0.15, 0.2) is 53.8 Å². The monoisotopic (exact) mass is 425 g/mol. The van der Waals surface area contributed by atoms with Crippen molar-refractivity contribution < 1.29 is 9.18 Å². The normalized spacial score (nSPS) is 10.9. The van der Waals surface area contributed by atoms with Gasteiger partial charge >= 0.3 is 0 Å². The lowest BCUT2D eigenvalue weighted by atomic mass is 10.2. The number of hydrogen-bond acceptors (Lipinski definition) is 7. The number of benzene rings is 1. The van der Waals surface area contributed by atoms with Gasteiger partial charge in [0.2, 0.25) is 0 Å². The predicted octanol–water partition coefficient (Wildman–Crippen LogP) is 1.83. The average Bonchev–Trinajstić information content (AvgIpc) is 3.40. The Morgan fingerprint density at radius 2 is 2.07 bits per heavy atom. The number of nitrogens with zero attached hydrogens (tertiary/aromatic N) is 6. The van der Waals surface area contributed by atoms with Crippen LogP contribution in [0, 0.1) is 12.7 Å². The molecular weight excluding hydrogens is 409 g/mol. The Labute approximate surface area is 173 Å². The van der Waals surface area contributed by atoms with Gasteiger partial charge in [-0.3, -0.25) is 9.59 Å². The summed E-state index contributed by atoms with van der Waals surface area (Å²) in [6.07, 6.45) is 2.84. The Bertz CT molecular complexity index is 1250. The van der Waals surface area contributed by atoms with Crippen LogP contribution in [0.25, 0.3) is 16.4 Å². The summed E-state index contributed by atoms with van der Waals surface area (Å²) in [5, 5.41) is 11.4. The molecule has 11 heteroatoms. The summed E-state index contributed by atoms with van der Waals surface area (Å²) >= 11 is 1.12. The molecule has 0 aliphatic heterocycles. The van der Waals surface area contributed by atoms with Gasteiger partial charge in [-0.2, -0.15) is 5.10 Å². The van der Waals surface area contributed by atoms with Crippen LogP contribution in [0.4, 0.5) is 4.39 Å². The Morgan fingerprint density at radius 3 is 2.83 bits per heavy atom. The standard InChI is InChI=1S/C19H16FN7O2S/c1-12-17(30-19(24-12)13-4-2-3-5-14(13)20)18(29)22-8-9-26-16(28)7-6-15(25-26)27-11-21-10-23-27/h2-7,10-11H,8-9H2,1H3,(H,22,29). The number of amides is 1. The highest BCUT2D eigenvalue weighted by Crippen LogP contribution is 2.29. The van der Waals surface area contributed by atoms with Gasteiger partial charge in [-0.1, -0.05) is 12.1 Å². The predicted molar refractivity (Wildman–Crippen MR) is 108 cm³/mol. The Hall–Kier alpha value is -3.73. The summed E-state index contributed by atoms with van der Waals surface area (Å²) in [5.74, 6) is -0.296. The molecule has 0 spiro atoms. The largest absolute Gasteiger partial charge is 0.349 e. The summed E-state index contributed by atoms with van der Waals surface area (Å²) < 4.78 is 16.7. The fraction of sp³-hybridized carbons (Fsp3) is 0.158.